The van der Waals surface area contributed by atoms with E-state index in [0.717, 1.165) is 5.56 Å². The molecule has 3 aromatic rings. The number of methoxy groups -OCH3 is 1. The minimum Gasteiger partial charge on any atom is -0.496 e. The summed E-state index contributed by atoms with van der Waals surface area (Å²) in [4.78, 5) is 27.8. The molecule has 0 bridgehead atoms. The first kappa shape index (κ1) is 22.3. The van der Waals surface area contributed by atoms with Crippen LogP contribution in [-0.4, -0.2) is 48.3 Å². The molecule has 2 aromatic heterocycles. The normalized spacial score (nSPS) is 12.1. The van der Waals surface area contributed by atoms with Crippen molar-refractivity contribution in [3.8, 4) is 17.0 Å². The first-order valence-corrected chi connectivity index (χ1v) is 10.1. The fourth-order valence-electron chi connectivity index (χ4n) is 3.52. The molecule has 8 nitrogen and oxygen atoms in total. The Bertz CT molecular complexity index is 1120. The number of hydrogen-bond donors (Lipinski definition) is 1. The van der Waals surface area contributed by atoms with E-state index in [2.05, 4.69) is 10.5 Å². The van der Waals surface area contributed by atoms with Crippen LogP contribution in [0.15, 0.2) is 51.9 Å². The number of carbonyl (C=O) groups excluding carboxylic acids is 1. The predicted molar refractivity (Wildman–Crippen MR) is 118 cm³/mol. The molecule has 0 aliphatic rings. The summed E-state index contributed by atoms with van der Waals surface area (Å²) in [5.41, 5.74) is 1.86. The molecule has 1 unspecified atom stereocenters. The summed E-state index contributed by atoms with van der Waals surface area (Å²) >= 11 is 0. The van der Waals surface area contributed by atoms with Crippen molar-refractivity contribution in [1.29, 1.82) is 0 Å². The molecule has 0 radical (unpaired) electrons. The van der Waals surface area contributed by atoms with Gasteiger partial charge in [-0.05, 0) is 51.7 Å². The highest BCUT2D eigenvalue weighted by molar-refractivity contribution is 5.95. The fourth-order valence-corrected chi connectivity index (χ4v) is 3.52. The number of pyridine rings is 1. The lowest BCUT2D eigenvalue weighted by Crippen LogP contribution is -2.36. The van der Waals surface area contributed by atoms with Gasteiger partial charge in [0.15, 0.2) is 5.76 Å². The highest BCUT2D eigenvalue weighted by Crippen LogP contribution is 2.28. The molecule has 0 aliphatic carbocycles. The monoisotopic (exact) mass is 424 g/mol. The van der Waals surface area contributed by atoms with Crippen LogP contribution in [0.25, 0.3) is 11.3 Å². The molecule has 8 heteroatoms. The Morgan fingerprint density at radius 2 is 2.03 bits per heavy atom. The number of hydrogen-bond acceptors (Lipinski definition) is 6. The summed E-state index contributed by atoms with van der Waals surface area (Å²) in [6.07, 6.45) is 1.73. The van der Waals surface area contributed by atoms with Crippen LogP contribution in [0.1, 0.15) is 34.6 Å². The molecule has 31 heavy (non-hydrogen) atoms. The topological polar surface area (TPSA) is 89.6 Å². The second-order valence-electron chi connectivity index (χ2n) is 7.76. The van der Waals surface area contributed by atoms with Crippen molar-refractivity contribution in [3.05, 3.63) is 69.8 Å². The smallest absolute Gasteiger partial charge is 0.263 e. The summed E-state index contributed by atoms with van der Waals surface area (Å²) in [6.45, 7) is 4.51. The lowest BCUT2D eigenvalue weighted by Gasteiger charge is -2.20. The van der Waals surface area contributed by atoms with Crippen molar-refractivity contribution in [1.82, 2.24) is 19.9 Å². The number of nitrogens with one attached hydrogen (secondary N) is 1. The van der Waals surface area contributed by atoms with Gasteiger partial charge in [-0.25, -0.2) is 0 Å². The third-order valence-electron chi connectivity index (χ3n) is 5.02. The standard InChI is InChI=1S/C23H28N4O4/c1-15-10-11-27(16(2)14-26(3)4)23(29)21(15)22(28)24-13-17-12-19(25-31-17)18-8-6-7-9-20(18)30-5/h6-12,16H,13-14H2,1-5H3,(H,24,28). The molecule has 1 atom stereocenters. The molecule has 3 rings (SSSR count). The molecule has 2 heterocycles. The number of aromatic nitrogens is 2. The molecular formula is C23H28N4O4. The maximum atomic E-state index is 13.0. The zero-order chi connectivity index (χ0) is 22.5. The minimum atomic E-state index is -0.441. The molecule has 1 N–H and O–H groups in total. The van der Waals surface area contributed by atoms with Gasteiger partial charge < -0.3 is 24.0 Å². The number of nitrogens with zero attached hydrogens (tertiary/aromatic N) is 3. The molecule has 0 saturated carbocycles. The third-order valence-corrected chi connectivity index (χ3v) is 5.02. The molecular weight excluding hydrogens is 396 g/mol. The van der Waals surface area contributed by atoms with Crippen LogP contribution in [0.3, 0.4) is 0 Å². The first-order valence-electron chi connectivity index (χ1n) is 10.1. The lowest BCUT2D eigenvalue weighted by atomic mass is 10.1. The number of aryl methyl sites for hydroxylation is 1. The van der Waals surface area contributed by atoms with Crippen LogP contribution in [0, 0.1) is 6.92 Å². The predicted octanol–water partition coefficient (Wildman–Crippen LogP) is 2.87. The van der Waals surface area contributed by atoms with Gasteiger partial charge in [-0.3, -0.25) is 9.59 Å². The summed E-state index contributed by atoms with van der Waals surface area (Å²) in [7, 11) is 5.48. The van der Waals surface area contributed by atoms with Crippen LogP contribution in [-0.2, 0) is 6.54 Å². The lowest BCUT2D eigenvalue weighted by molar-refractivity contribution is 0.0944. The van der Waals surface area contributed by atoms with Crippen molar-refractivity contribution < 1.29 is 14.1 Å². The molecule has 0 spiro atoms. The zero-order valence-electron chi connectivity index (χ0n) is 18.5. The van der Waals surface area contributed by atoms with Crippen molar-refractivity contribution in [2.75, 3.05) is 27.7 Å². The quantitative estimate of drug-likeness (QED) is 0.598. The van der Waals surface area contributed by atoms with Gasteiger partial charge >= 0.3 is 0 Å². The van der Waals surface area contributed by atoms with Gasteiger partial charge in [0.1, 0.15) is 17.0 Å². The summed E-state index contributed by atoms with van der Waals surface area (Å²) in [5, 5.41) is 6.84. The first-order chi connectivity index (χ1) is 14.8. The van der Waals surface area contributed by atoms with E-state index in [9.17, 15) is 9.59 Å². The van der Waals surface area contributed by atoms with Gasteiger partial charge in [0, 0.05) is 30.4 Å². The van der Waals surface area contributed by atoms with E-state index < -0.39 is 5.91 Å². The number of para-hydroxylation sites is 1. The Hall–Kier alpha value is -3.39. The van der Waals surface area contributed by atoms with Crippen LogP contribution < -0.4 is 15.6 Å². The zero-order valence-corrected chi connectivity index (χ0v) is 18.5. The average Bonchev–Trinajstić information content (AvgIpc) is 3.20. The molecule has 0 aliphatic heterocycles. The van der Waals surface area contributed by atoms with Gasteiger partial charge in [0.25, 0.3) is 11.5 Å². The Balaban J connectivity index is 1.76. The van der Waals surface area contributed by atoms with Crippen molar-refractivity contribution in [3.63, 3.8) is 0 Å². The van der Waals surface area contributed by atoms with E-state index >= 15 is 0 Å². The van der Waals surface area contributed by atoms with Gasteiger partial charge in [-0.2, -0.15) is 0 Å². The number of amides is 1. The van der Waals surface area contributed by atoms with Crippen molar-refractivity contribution in [2.24, 2.45) is 0 Å². The van der Waals surface area contributed by atoms with Crippen LogP contribution in [0.2, 0.25) is 0 Å². The Morgan fingerprint density at radius 1 is 1.29 bits per heavy atom. The second-order valence-corrected chi connectivity index (χ2v) is 7.76. The van der Waals surface area contributed by atoms with Crippen LogP contribution in [0.4, 0.5) is 0 Å². The summed E-state index contributed by atoms with van der Waals surface area (Å²) in [6, 6.07) is 10.9. The Kier molecular flexibility index (Phi) is 6.91. The molecule has 1 aromatic carbocycles. The number of likely N-dealkylation sites (N-methyl/N-ethyl adjacent to an activating group) is 1. The number of benzene rings is 1. The van der Waals surface area contributed by atoms with Gasteiger partial charge in [0.05, 0.1) is 13.7 Å². The summed E-state index contributed by atoms with van der Waals surface area (Å²) < 4.78 is 12.3. The SMILES string of the molecule is COc1ccccc1-c1cc(CNC(=O)c2c(C)ccn(C(C)CN(C)C)c2=O)on1. The van der Waals surface area contributed by atoms with E-state index in [1.165, 1.54) is 0 Å². The van der Waals surface area contributed by atoms with Crippen molar-refractivity contribution >= 4 is 5.91 Å². The molecule has 1 amide bonds. The average molecular weight is 425 g/mol. The summed E-state index contributed by atoms with van der Waals surface area (Å²) in [5.74, 6) is 0.715. The fraction of sp³-hybridized carbons (Fsp3) is 0.348. The molecule has 164 valence electrons. The van der Waals surface area contributed by atoms with Crippen molar-refractivity contribution in [2.45, 2.75) is 26.4 Å². The number of ether oxygens (including phenoxy) is 1. The Labute approximate surface area is 181 Å². The number of rotatable bonds is 8. The van der Waals surface area contributed by atoms with Gasteiger partial charge in [0.2, 0.25) is 0 Å². The van der Waals surface area contributed by atoms with Crippen LogP contribution >= 0.6 is 0 Å². The highest BCUT2D eigenvalue weighted by Gasteiger charge is 2.19. The maximum absolute atomic E-state index is 13.0. The maximum Gasteiger partial charge on any atom is 0.263 e. The van der Waals surface area contributed by atoms with E-state index in [0.29, 0.717) is 29.3 Å². The van der Waals surface area contributed by atoms with E-state index in [-0.39, 0.29) is 23.7 Å². The van der Waals surface area contributed by atoms with Gasteiger partial charge in [-0.15, -0.1) is 0 Å². The molecule has 0 saturated heterocycles. The van der Waals surface area contributed by atoms with E-state index in [1.54, 1.807) is 36.9 Å². The largest absolute Gasteiger partial charge is 0.496 e. The Morgan fingerprint density at radius 3 is 2.74 bits per heavy atom. The van der Waals surface area contributed by atoms with E-state index in [1.807, 2.05) is 50.2 Å². The van der Waals surface area contributed by atoms with E-state index in [4.69, 9.17) is 9.26 Å². The number of carbonyl (C=O) groups is 1. The molecule has 0 fully saturated rings. The van der Waals surface area contributed by atoms with Crippen LogP contribution in [0.5, 0.6) is 5.75 Å². The van der Waals surface area contributed by atoms with Gasteiger partial charge in [-0.1, -0.05) is 17.3 Å². The third kappa shape index (κ3) is 5.03. The highest BCUT2D eigenvalue weighted by atomic mass is 16.5. The second kappa shape index (κ2) is 9.61. The minimum absolute atomic E-state index is 0.0627.